The summed E-state index contributed by atoms with van der Waals surface area (Å²) in [6, 6.07) is 10.5. The molecule has 0 radical (unpaired) electrons. The lowest BCUT2D eigenvalue weighted by molar-refractivity contribution is 0.262. The third kappa shape index (κ3) is 3.54. The molecule has 0 saturated heterocycles. The predicted octanol–water partition coefficient (Wildman–Crippen LogP) is 3.20. The number of anilines is 2. The lowest BCUT2D eigenvalue weighted by atomic mass is 10.2. The zero-order valence-electron chi connectivity index (χ0n) is 13.2. The van der Waals surface area contributed by atoms with Crippen molar-refractivity contribution in [3.63, 3.8) is 0 Å². The maximum atomic E-state index is 11.9. The zero-order chi connectivity index (χ0) is 17.8. The van der Waals surface area contributed by atoms with Crippen molar-refractivity contribution in [1.82, 2.24) is 25.4 Å². The summed E-state index contributed by atoms with van der Waals surface area (Å²) in [6.07, 6.45) is 3.36. The summed E-state index contributed by atoms with van der Waals surface area (Å²) in [5, 5.41) is 21.2. The van der Waals surface area contributed by atoms with Gasteiger partial charge in [-0.25, -0.2) is 14.8 Å². The number of rotatable bonds is 4. The number of hydrogen-bond donors (Lipinski definition) is 3. The minimum absolute atomic E-state index is 0.395. The second-order valence-electron chi connectivity index (χ2n) is 5.14. The van der Waals surface area contributed by atoms with Crippen molar-refractivity contribution in [2.45, 2.75) is 0 Å². The highest BCUT2D eigenvalue weighted by Gasteiger charge is 2.08. The van der Waals surface area contributed by atoms with Gasteiger partial charge in [0.2, 0.25) is 5.13 Å². The Morgan fingerprint density at radius 3 is 3.00 bits per heavy atom. The van der Waals surface area contributed by atoms with Crippen LogP contribution in [0.5, 0.6) is 0 Å². The molecule has 3 aromatic heterocycles. The SMILES string of the molecule is O=C(Nc1ccc2c(C=Nc3ccccn3)[nH]nc2c1)Nc1nncs1. The highest BCUT2D eigenvalue weighted by Crippen LogP contribution is 2.20. The Kier molecular flexibility index (Phi) is 4.31. The maximum Gasteiger partial charge on any atom is 0.325 e. The smallest absolute Gasteiger partial charge is 0.308 e. The van der Waals surface area contributed by atoms with Crippen LogP contribution in [0.1, 0.15) is 5.69 Å². The van der Waals surface area contributed by atoms with Crippen LogP contribution in [0.15, 0.2) is 53.1 Å². The van der Waals surface area contributed by atoms with Gasteiger partial charge < -0.3 is 5.32 Å². The average molecular weight is 364 g/mol. The first-order valence-electron chi connectivity index (χ1n) is 7.55. The van der Waals surface area contributed by atoms with Crippen molar-refractivity contribution in [1.29, 1.82) is 0 Å². The molecule has 3 heterocycles. The van der Waals surface area contributed by atoms with Crippen LogP contribution in [-0.2, 0) is 0 Å². The summed E-state index contributed by atoms with van der Waals surface area (Å²) in [6.45, 7) is 0. The molecule has 4 aromatic rings. The molecule has 128 valence electrons. The van der Waals surface area contributed by atoms with E-state index in [0.29, 0.717) is 22.2 Å². The maximum absolute atomic E-state index is 11.9. The predicted molar refractivity (Wildman–Crippen MR) is 100 cm³/mol. The molecule has 3 N–H and O–H groups in total. The monoisotopic (exact) mass is 364 g/mol. The standard InChI is InChI=1S/C16H12N8OS/c25-15(21-16-24-19-9-26-16)20-10-4-5-11-12(7-10)22-23-13(11)8-18-14-3-1-2-6-17-14/h1-9H,(H,22,23)(H2,20,21,24,25). The molecular formula is C16H12N8OS. The topological polar surface area (TPSA) is 121 Å². The molecule has 0 fully saturated rings. The number of hydrogen-bond acceptors (Lipinski definition) is 7. The number of aromatic amines is 1. The van der Waals surface area contributed by atoms with E-state index in [9.17, 15) is 4.79 Å². The van der Waals surface area contributed by atoms with E-state index < -0.39 is 6.03 Å². The number of H-pyrrole nitrogens is 1. The highest BCUT2D eigenvalue weighted by atomic mass is 32.1. The van der Waals surface area contributed by atoms with Gasteiger partial charge in [0.15, 0.2) is 5.82 Å². The molecule has 4 rings (SSSR count). The quantitative estimate of drug-likeness (QED) is 0.480. The van der Waals surface area contributed by atoms with E-state index in [-0.39, 0.29) is 0 Å². The van der Waals surface area contributed by atoms with Crippen molar-refractivity contribution in [2.24, 2.45) is 4.99 Å². The Labute approximate surface area is 151 Å². The third-order valence-corrected chi connectivity index (χ3v) is 4.00. The van der Waals surface area contributed by atoms with Crippen molar-refractivity contribution in [3.8, 4) is 0 Å². The summed E-state index contributed by atoms with van der Waals surface area (Å²) in [4.78, 5) is 20.4. The fraction of sp³-hybridized carbons (Fsp3) is 0. The molecule has 0 bridgehead atoms. The number of nitrogens with zero attached hydrogens (tertiary/aromatic N) is 5. The Morgan fingerprint density at radius 1 is 1.23 bits per heavy atom. The van der Waals surface area contributed by atoms with Gasteiger partial charge in [-0.2, -0.15) is 5.10 Å². The van der Waals surface area contributed by atoms with Gasteiger partial charge in [-0.15, -0.1) is 10.2 Å². The van der Waals surface area contributed by atoms with Crippen LogP contribution in [0, 0.1) is 0 Å². The number of benzene rings is 1. The van der Waals surface area contributed by atoms with Gasteiger partial charge in [0.05, 0.1) is 17.4 Å². The van der Waals surface area contributed by atoms with Gasteiger partial charge in [0.25, 0.3) is 0 Å². The van der Waals surface area contributed by atoms with Crippen LogP contribution < -0.4 is 10.6 Å². The molecule has 0 spiro atoms. The molecule has 0 aliphatic rings. The molecule has 10 heteroatoms. The van der Waals surface area contributed by atoms with Crippen LogP contribution in [-0.4, -0.2) is 37.6 Å². The van der Waals surface area contributed by atoms with Crippen molar-refractivity contribution < 1.29 is 4.79 Å². The number of nitrogens with one attached hydrogen (secondary N) is 3. The van der Waals surface area contributed by atoms with Gasteiger partial charge in [-0.1, -0.05) is 17.4 Å². The van der Waals surface area contributed by atoms with E-state index in [0.717, 1.165) is 11.1 Å². The molecule has 9 nitrogen and oxygen atoms in total. The summed E-state index contributed by atoms with van der Waals surface area (Å²) < 4.78 is 0. The molecule has 0 atom stereocenters. The van der Waals surface area contributed by atoms with Gasteiger partial charge >= 0.3 is 6.03 Å². The summed E-state index contributed by atoms with van der Waals surface area (Å²) in [7, 11) is 0. The van der Waals surface area contributed by atoms with E-state index in [2.05, 4.69) is 41.0 Å². The van der Waals surface area contributed by atoms with Crippen LogP contribution in [0.4, 0.5) is 21.4 Å². The van der Waals surface area contributed by atoms with E-state index in [1.54, 1.807) is 30.1 Å². The number of pyridine rings is 1. The van der Waals surface area contributed by atoms with E-state index in [4.69, 9.17) is 0 Å². The van der Waals surface area contributed by atoms with E-state index >= 15 is 0 Å². The minimum Gasteiger partial charge on any atom is -0.308 e. The van der Waals surface area contributed by atoms with Gasteiger partial charge in [0, 0.05) is 17.3 Å². The van der Waals surface area contributed by atoms with Crippen LogP contribution >= 0.6 is 11.3 Å². The second kappa shape index (κ2) is 7.07. The van der Waals surface area contributed by atoms with Gasteiger partial charge in [-0.3, -0.25) is 10.4 Å². The first-order valence-corrected chi connectivity index (χ1v) is 8.43. The first-order chi connectivity index (χ1) is 12.8. The Hall–Kier alpha value is -3.66. The number of aliphatic imine (C=N–C) groups is 1. The number of aromatic nitrogens is 5. The molecule has 1 aromatic carbocycles. The van der Waals surface area contributed by atoms with Crippen molar-refractivity contribution in [3.05, 3.63) is 53.8 Å². The molecular weight excluding hydrogens is 352 g/mol. The fourth-order valence-corrected chi connectivity index (χ4v) is 2.70. The van der Waals surface area contributed by atoms with Crippen LogP contribution in [0.3, 0.4) is 0 Å². The van der Waals surface area contributed by atoms with Crippen LogP contribution in [0.25, 0.3) is 10.9 Å². The number of carbonyl (C=O) groups is 1. The summed E-state index contributed by atoms with van der Waals surface area (Å²) in [5.74, 6) is 0.613. The van der Waals surface area contributed by atoms with E-state index in [1.165, 1.54) is 11.3 Å². The minimum atomic E-state index is -0.395. The average Bonchev–Trinajstić information content (AvgIpc) is 3.30. The summed E-state index contributed by atoms with van der Waals surface area (Å²) in [5.41, 5.74) is 3.62. The summed E-state index contributed by atoms with van der Waals surface area (Å²) >= 11 is 1.24. The molecule has 2 amide bonds. The van der Waals surface area contributed by atoms with Gasteiger partial charge in [-0.05, 0) is 30.3 Å². The normalized spacial score (nSPS) is 11.1. The molecule has 0 aliphatic carbocycles. The Morgan fingerprint density at radius 2 is 2.19 bits per heavy atom. The zero-order valence-corrected chi connectivity index (χ0v) is 14.1. The largest absolute Gasteiger partial charge is 0.325 e. The molecule has 0 aliphatic heterocycles. The number of fused-ring (bicyclic) bond motifs is 1. The Bertz CT molecular complexity index is 1060. The number of amides is 2. The van der Waals surface area contributed by atoms with E-state index in [1.807, 2.05) is 24.3 Å². The first kappa shape index (κ1) is 15.8. The Balaban J connectivity index is 1.50. The second-order valence-corrected chi connectivity index (χ2v) is 5.97. The van der Waals surface area contributed by atoms with Crippen molar-refractivity contribution in [2.75, 3.05) is 10.6 Å². The third-order valence-electron chi connectivity index (χ3n) is 3.40. The molecule has 0 unspecified atom stereocenters. The highest BCUT2D eigenvalue weighted by molar-refractivity contribution is 7.13. The lowest BCUT2D eigenvalue weighted by Crippen LogP contribution is -2.19. The lowest BCUT2D eigenvalue weighted by Gasteiger charge is -2.04. The number of urea groups is 1. The molecule has 0 saturated carbocycles. The molecule has 26 heavy (non-hydrogen) atoms. The number of carbonyl (C=O) groups excluding carboxylic acids is 1. The van der Waals surface area contributed by atoms with Gasteiger partial charge in [0.1, 0.15) is 5.51 Å². The fourth-order valence-electron chi connectivity index (χ4n) is 2.26. The van der Waals surface area contributed by atoms with Crippen molar-refractivity contribution >= 4 is 51.1 Å². The van der Waals surface area contributed by atoms with Crippen LogP contribution in [0.2, 0.25) is 0 Å².